The summed E-state index contributed by atoms with van der Waals surface area (Å²) in [7, 11) is 0. The van der Waals surface area contributed by atoms with Crippen LogP contribution in [0, 0.1) is 0 Å². The standard InChI is InChI=1S/C15H22BrNO4.W/c1-5-6-12(9-16)20-11-13-10-17(7-8-19-13)14(18)21-15(2,3)4;/h1,5-6,9,13H,7-8,10-11H2,2-4H3;/b6-5-,12-9?;/t13-;/m0./s1. The predicted molar refractivity (Wildman–Crippen MR) is 85.7 cm³/mol. The summed E-state index contributed by atoms with van der Waals surface area (Å²) < 4.78 is 18.7. The molecule has 0 N–H and O–H groups in total. The van der Waals surface area contributed by atoms with Crippen molar-refractivity contribution in [2.45, 2.75) is 32.5 Å². The number of allylic oxidation sites excluding steroid dienone is 2. The van der Waals surface area contributed by atoms with E-state index in [0.29, 0.717) is 26.3 Å². The maximum atomic E-state index is 12.1. The Morgan fingerprint density at radius 1 is 1.50 bits per heavy atom. The Morgan fingerprint density at radius 3 is 2.82 bits per heavy atom. The second-order valence-corrected chi connectivity index (χ2v) is 7.17. The van der Waals surface area contributed by atoms with Gasteiger partial charge in [0.1, 0.15) is 0 Å². The number of nitrogens with zero attached hydrogens (tertiary/aromatic N) is 1. The Morgan fingerprint density at radius 2 is 2.23 bits per heavy atom. The fourth-order valence-corrected chi connectivity index (χ4v) is 2.32. The van der Waals surface area contributed by atoms with Crippen molar-refractivity contribution in [2.24, 2.45) is 0 Å². The van der Waals surface area contributed by atoms with Crippen LogP contribution in [-0.2, 0) is 33.6 Å². The number of rotatable bonds is 5. The van der Waals surface area contributed by atoms with E-state index in [1.165, 1.54) is 19.4 Å². The average molecular weight is 544 g/mol. The van der Waals surface area contributed by atoms with E-state index in [4.69, 9.17) is 14.2 Å². The molecule has 0 unspecified atom stereocenters. The average Bonchev–Trinajstić information content (AvgIpc) is 2.46. The molecule has 1 saturated heterocycles. The zero-order chi connectivity index (χ0) is 16.6. The van der Waals surface area contributed by atoms with Crippen molar-refractivity contribution in [3.63, 3.8) is 0 Å². The van der Waals surface area contributed by atoms with Crippen molar-refractivity contribution in [1.29, 1.82) is 0 Å². The Bertz CT molecular complexity index is 445. The van der Waals surface area contributed by atoms with Crippen molar-refractivity contribution in [2.75, 3.05) is 26.3 Å². The van der Waals surface area contributed by atoms with Gasteiger partial charge in [-0.15, -0.1) is 0 Å². The zero-order valence-corrected chi connectivity index (χ0v) is 17.6. The normalized spacial score (nSPS) is 20.1. The molecule has 0 spiro atoms. The topological polar surface area (TPSA) is 48.0 Å². The van der Waals surface area contributed by atoms with Gasteiger partial charge in [0.2, 0.25) is 0 Å². The van der Waals surface area contributed by atoms with Gasteiger partial charge < -0.3 is 0 Å². The van der Waals surface area contributed by atoms with E-state index in [0.717, 1.165) is 5.76 Å². The summed E-state index contributed by atoms with van der Waals surface area (Å²) in [5.74, 6) is 0.718. The van der Waals surface area contributed by atoms with Crippen LogP contribution in [0.25, 0.3) is 0 Å². The van der Waals surface area contributed by atoms with E-state index in [-0.39, 0.29) is 12.2 Å². The van der Waals surface area contributed by atoms with Crippen molar-refractivity contribution in [3.05, 3.63) is 22.9 Å². The summed E-state index contributed by atoms with van der Waals surface area (Å²) in [4.78, 5) is 15.5. The molecule has 1 aliphatic heterocycles. The number of hydrogen-bond acceptors (Lipinski definition) is 4. The Kier molecular flexibility index (Phi) is 8.58. The number of hydrogen-bond donors (Lipinski definition) is 0. The first-order valence-corrected chi connectivity index (χ1v) is 9.61. The summed E-state index contributed by atoms with van der Waals surface area (Å²) in [5.41, 5.74) is -0.489. The monoisotopic (exact) mass is 543 g/mol. The van der Waals surface area contributed by atoms with Crippen LogP contribution < -0.4 is 0 Å². The van der Waals surface area contributed by atoms with E-state index >= 15 is 0 Å². The first kappa shape index (κ1) is 19.6. The van der Waals surface area contributed by atoms with Crippen LogP contribution in [0.4, 0.5) is 4.79 Å². The van der Waals surface area contributed by atoms with Gasteiger partial charge in [-0.3, -0.25) is 0 Å². The number of morpholine rings is 1. The summed E-state index contributed by atoms with van der Waals surface area (Å²) in [6.45, 7) is 7.46. The molecule has 1 atom stereocenters. The molecule has 0 aromatic carbocycles. The van der Waals surface area contributed by atoms with Gasteiger partial charge in [-0.25, -0.2) is 0 Å². The summed E-state index contributed by atoms with van der Waals surface area (Å²) in [6, 6.07) is 0. The molecule has 124 valence electrons. The molecule has 0 bridgehead atoms. The number of amides is 1. The number of halogens is 1. The van der Waals surface area contributed by atoms with Gasteiger partial charge in [0, 0.05) is 0 Å². The molecule has 5 nitrogen and oxygen atoms in total. The van der Waals surface area contributed by atoms with Crippen LogP contribution in [0.3, 0.4) is 0 Å². The molecular weight excluding hydrogens is 522 g/mol. The van der Waals surface area contributed by atoms with Gasteiger partial charge >= 0.3 is 131 Å². The van der Waals surface area contributed by atoms with Crippen LogP contribution in [0.15, 0.2) is 22.9 Å². The van der Waals surface area contributed by atoms with E-state index in [2.05, 4.69) is 15.9 Å². The first-order chi connectivity index (χ1) is 10.4. The van der Waals surface area contributed by atoms with Crippen LogP contribution in [0.1, 0.15) is 20.8 Å². The third-order valence-electron chi connectivity index (χ3n) is 2.67. The minimum atomic E-state index is -0.489. The van der Waals surface area contributed by atoms with Crippen LogP contribution in [0.2, 0.25) is 0 Å². The number of ether oxygens (including phenoxy) is 3. The summed E-state index contributed by atoms with van der Waals surface area (Å²) >= 11 is 4.65. The number of carbonyl (C=O) groups excluding carboxylic acids is 1. The molecule has 0 aromatic rings. The maximum absolute atomic E-state index is 12.1. The molecular formula is C15H22BrNO4W. The van der Waals surface area contributed by atoms with Gasteiger partial charge in [0.05, 0.1) is 0 Å². The van der Waals surface area contributed by atoms with Crippen LogP contribution in [0.5, 0.6) is 0 Å². The number of carbonyl (C=O) groups is 1. The van der Waals surface area contributed by atoms with Crippen molar-refractivity contribution in [1.82, 2.24) is 4.90 Å². The molecule has 0 aromatic heterocycles. The Labute approximate surface area is 151 Å². The van der Waals surface area contributed by atoms with Gasteiger partial charge in [0.15, 0.2) is 0 Å². The molecule has 1 amide bonds. The third kappa shape index (κ3) is 7.70. The molecule has 22 heavy (non-hydrogen) atoms. The van der Waals surface area contributed by atoms with Crippen molar-refractivity contribution >= 4 is 26.4 Å². The fraction of sp³-hybridized carbons (Fsp3) is 0.600. The van der Waals surface area contributed by atoms with Crippen LogP contribution in [-0.4, -0.2) is 53.4 Å². The molecule has 1 heterocycles. The SMILES string of the molecule is CC(C)(C)OC(=O)N1CCO[C@H](COC(=CBr)/C=C\[CH]=[W])C1. The third-order valence-corrected chi connectivity index (χ3v) is 3.69. The van der Waals surface area contributed by atoms with Crippen molar-refractivity contribution in [3.8, 4) is 0 Å². The molecule has 7 heteroatoms. The van der Waals surface area contributed by atoms with E-state index in [1.807, 2.05) is 37.3 Å². The molecule has 0 saturated carbocycles. The molecule has 0 radical (unpaired) electrons. The van der Waals surface area contributed by atoms with Gasteiger partial charge in [-0.05, 0) is 20.8 Å². The van der Waals surface area contributed by atoms with E-state index < -0.39 is 5.60 Å². The quantitative estimate of drug-likeness (QED) is 0.395. The molecule has 0 aliphatic carbocycles. The van der Waals surface area contributed by atoms with Gasteiger partial charge in [-0.2, -0.15) is 0 Å². The summed E-state index contributed by atoms with van der Waals surface area (Å²) in [6.07, 6.45) is 3.33. The van der Waals surface area contributed by atoms with Gasteiger partial charge in [0.25, 0.3) is 0 Å². The minimum absolute atomic E-state index is 0.159. The van der Waals surface area contributed by atoms with Crippen molar-refractivity contribution < 1.29 is 38.4 Å². The molecule has 1 aliphatic rings. The van der Waals surface area contributed by atoms with E-state index in [9.17, 15) is 4.79 Å². The second-order valence-electron chi connectivity index (χ2n) is 5.74. The zero-order valence-electron chi connectivity index (χ0n) is 13.1. The predicted octanol–water partition coefficient (Wildman–Crippen LogP) is 2.78. The molecule has 1 fully saturated rings. The second kappa shape index (κ2) is 9.63. The molecule has 1 rings (SSSR count). The van der Waals surface area contributed by atoms with E-state index in [1.54, 1.807) is 9.89 Å². The van der Waals surface area contributed by atoms with Crippen LogP contribution >= 0.6 is 15.9 Å². The Hall–Kier alpha value is -0.452. The fourth-order valence-electron chi connectivity index (χ4n) is 1.75. The Balaban J connectivity index is 2.48. The first-order valence-electron chi connectivity index (χ1n) is 7.00. The summed E-state index contributed by atoms with van der Waals surface area (Å²) in [5, 5.41) is 0. The van der Waals surface area contributed by atoms with Gasteiger partial charge in [-0.1, -0.05) is 0 Å².